The number of furan rings is 1. The summed E-state index contributed by atoms with van der Waals surface area (Å²) in [5, 5.41) is 2.99. The summed E-state index contributed by atoms with van der Waals surface area (Å²) >= 11 is 0. The molecular weight excluding hydrogens is 278 g/mol. The van der Waals surface area contributed by atoms with E-state index in [4.69, 9.17) is 9.15 Å². The van der Waals surface area contributed by atoms with Gasteiger partial charge >= 0.3 is 0 Å². The normalized spacial score (nSPS) is 11.5. The molecule has 0 bridgehead atoms. The molecule has 0 spiro atoms. The largest absolute Gasteiger partial charge is 0.486 e. The van der Waals surface area contributed by atoms with Crippen molar-refractivity contribution in [1.29, 1.82) is 0 Å². The lowest BCUT2D eigenvalue weighted by Gasteiger charge is -2.06. The fourth-order valence-corrected chi connectivity index (χ4v) is 2.37. The number of nitrogens with one attached hydrogen (secondary N) is 1. The van der Waals surface area contributed by atoms with Crippen molar-refractivity contribution in [2.75, 3.05) is 13.3 Å². The minimum absolute atomic E-state index is 0.241. The van der Waals surface area contributed by atoms with Gasteiger partial charge in [-0.1, -0.05) is 6.07 Å². The van der Waals surface area contributed by atoms with Gasteiger partial charge in [-0.05, 0) is 37.4 Å². The van der Waals surface area contributed by atoms with Gasteiger partial charge in [0.25, 0.3) is 0 Å². The summed E-state index contributed by atoms with van der Waals surface area (Å²) in [6, 6.07) is 10.1. The SMILES string of the molecule is CNCc1ccc(COc2cccc(S(C)(=O)=O)c2)o1. The van der Waals surface area contributed by atoms with E-state index < -0.39 is 9.84 Å². The standard InChI is InChI=1S/C14H17NO4S/c1-15-9-12-6-7-13(19-12)10-18-11-4-3-5-14(8-11)20(2,16)17/h3-8,15H,9-10H2,1-2H3. The molecule has 1 aromatic heterocycles. The average molecular weight is 295 g/mol. The maximum Gasteiger partial charge on any atom is 0.175 e. The van der Waals surface area contributed by atoms with E-state index in [0.717, 1.165) is 5.76 Å². The van der Waals surface area contributed by atoms with Gasteiger partial charge in [0.05, 0.1) is 11.4 Å². The molecule has 2 rings (SSSR count). The molecule has 0 amide bonds. The van der Waals surface area contributed by atoms with Crippen LogP contribution in [0.25, 0.3) is 0 Å². The zero-order valence-electron chi connectivity index (χ0n) is 11.4. The van der Waals surface area contributed by atoms with E-state index in [1.807, 2.05) is 19.2 Å². The maximum atomic E-state index is 11.5. The van der Waals surface area contributed by atoms with E-state index in [9.17, 15) is 8.42 Å². The van der Waals surface area contributed by atoms with Crippen molar-refractivity contribution in [3.05, 3.63) is 47.9 Å². The van der Waals surface area contributed by atoms with Gasteiger partial charge in [0, 0.05) is 6.26 Å². The summed E-state index contributed by atoms with van der Waals surface area (Å²) in [5.74, 6) is 2.02. The lowest BCUT2D eigenvalue weighted by Crippen LogP contribution is -2.03. The van der Waals surface area contributed by atoms with Crippen LogP contribution >= 0.6 is 0 Å². The molecule has 6 heteroatoms. The molecule has 108 valence electrons. The fraction of sp³-hybridized carbons (Fsp3) is 0.286. The second-order valence-corrected chi connectivity index (χ2v) is 6.45. The molecular formula is C14H17NO4S. The Morgan fingerprint density at radius 3 is 2.65 bits per heavy atom. The molecule has 0 saturated carbocycles. The molecule has 5 nitrogen and oxygen atoms in total. The van der Waals surface area contributed by atoms with Crippen LogP contribution in [0.5, 0.6) is 5.75 Å². The topological polar surface area (TPSA) is 68.5 Å². The zero-order valence-corrected chi connectivity index (χ0v) is 12.2. The second kappa shape index (κ2) is 6.11. The molecule has 0 unspecified atom stereocenters. The highest BCUT2D eigenvalue weighted by molar-refractivity contribution is 7.90. The van der Waals surface area contributed by atoms with Crippen molar-refractivity contribution < 1.29 is 17.6 Å². The number of rotatable bonds is 6. The second-order valence-electron chi connectivity index (χ2n) is 4.43. The van der Waals surface area contributed by atoms with Crippen molar-refractivity contribution >= 4 is 9.84 Å². The van der Waals surface area contributed by atoms with E-state index in [-0.39, 0.29) is 11.5 Å². The Morgan fingerprint density at radius 1 is 1.20 bits per heavy atom. The summed E-state index contributed by atoms with van der Waals surface area (Å²) in [5.41, 5.74) is 0. The minimum atomic E-state index is -3.22. The van der Waals surface area contributed by atoms with E-state index >= 15 is 0 Å². The summed E-state index contributed by atoms with van der Waals surface area (Å²) in [4.78, 5) is 0.241. The molecule has 0 saturated heterocycles. The average Bonchev–Trinajstić information content (AvgIpc) is 2.84. The van der Waals surface area contributed by atoms with Gasteiger partial charge in [0.15, 0.2) is 9.84 Å². The summed E-state index contributed by atoms with van der Waals surface area (Å²) in [6.45, 7) is 0.917. The number of hydrogen-bond donors (Lipinski definition) is 1. The van der Waals surface area contributed by atoms with Crippen molar-refractivity contribution in [3.63, 3.8) is 0 Å². The van der Waals surface area contributed by atoms with Gasteiger partial charge in [0.2, 0.25) is 0 Å². The van der Waals surface area contributed by atoms with Crippen LogP contribution in [0.3, 0.4) is 0 Å². The minimum Gasteiger partial charge on any atom is -0.486 e. The Bertz CT molecular complexity index is 676. The highest BCUT2D eigenvalue weighted by Crippen LogP contribution is 2.19. The first kappa shape index (κ1) is 14.6. The third-order valence-electron chi connectivity index (χ3n) is 2.68. The zero-order chi connectivity index (χ0) is 14.6. The Balaban J connectivity index is 2.03. The molecule has 0 radical (unpaired) electrons. The highest BCUT2D eigenvalue weighted by Gasteiger charge is 2.08. The molecule has 20 heavy (non-hydrogen) atoms. The Kier molecular flexibility index (Phi) is 4.46. The van der Waals surface area contributed by atoms with Crippen LogP contribution in [-0.4, -0.2) is 21.7 Å². The molecule has 1 N–H and O–H groups in total. The fourth-order valence-electron chi connectivity index (χ4n) is 1.72. The van der Waals surface area contributed by atoms with Gasteiger partial charge in [-0.2, -0.15) is 0 Å². The number of ether oxygens (including phenoxy) is 1. The van der Waals surface area contributed by atoms with Crippen LogP contribution < -0.4 is 10.1 Å². The first-order valence-electron chi connectivity index (χ1n) is 6.14. The monoisotopic (exact) mass is 295 g/mol. The van der Waals surface area contributed by atoms with Gasteiger partial charge in [-0.3, -0.25) is 0 Å². The number of sulfone groups is 1. The molecule has 0 aliphatic rings. The predicted octanol–water partition coefficient (Wildman–Crippen LogP) is 1.98. The van der Waals surface area contributed by atoms with Crippen LogP contribution in [0.2, 0.25) is 0 Å². The van der Waals surface area contributed by atoms with Crippen LogP contribution in [0.15, 0.2) is 45.7 Å². The van der Waals surface area contributed by atoms with Crippen molar-refractivity contribution in [2.24, 2.45) is 0 Å². The van der Waals surface area contributed by atoms with E-state index in [1.54, 1.807) is 18.2 Å². The summed E-state index contributed by atoms with van der Waals surface area (Å²) in [6.07, 6.45) is 1.17. The number of benzene rings is 1. The molecule has 0 fully saturated rings. The lowest BCUT2D eigenvalue weighted by atomic mass is 10.3. The van der Waals surface area contributed by atoms with Gasteiger partial charge in [-0.25, -0.2) is 8.42 Å². The third-order valence-corrected chi connectivity index (χ3v) is 3.79. The van der Waals surface area contributed by atoms with E-state index in [1.165, 1.54) is 12.3 Å². The molecule has 1 heterocycles. The maximum absolute atomic E-state index is 11.5. The first-order chi connectivity index (χ1) is 9.49. The summed E-state index contributed by atoms with van der Waals surface area (Å²) in [7, 11) is -1.38. The van der Waals surface area contributed by atoms with Crippen LogP contribution in [0.1, 0.15) is 11.5 Å². The van der Waals surface area contributed by atoms with E-state index in [2.05, 4.69) is 5.32 Å². The Labute approximate surface area is 118 Å². The van der Waals surface area contributed by atoms with Gasteiger partial charge in [0.1, 0.15) is 23.9 Å². The quantitative estimate of drug-likeness (QED) is 0.882. The highest BCUT2D eigenvalue weighted by atomic mass is 32.2. The van der Waals surface area contributed by atoms with Crippen LogP contribution in [-0.2, 0) is 23.0 Å². The van der Waals surface area contributed by atoms with Crippen molar-refractivity contribution in [1.82, 2.24) is 5.32 Å². The molecule has 2 aromatic rings. The third kappa shape index (κ3) is 3.85. The van der Waals surface area contributed by atoms with Gasteiger partial charge < -0.3 is 14.5 Å². The van der Waals surface area contributed by atoms with Gasteiger partial charge in [-0.15, -0.1) is 0 Å². The van der Waals surface area contributed by atoms with E-state index in [0.29, 0.717) is 18.1 Å². The van der Waals surface area contributed by atoms with Crippen LogP contribution in [0, 0.1) is 0 Å². The first-order valence-corrected chi connectivity index (χ1v) is 8.03. The Morgan fingerprint density at radius 2 is 1.95 bits per heavy atom. The lowest BCUT2D eigenvalue weighted by molar-refractivity contribution is 0.265. The van der Waals surface area contributed by atoms with Crippen molar-refractivity contribution in [2.45, 2.75) is 18.0 Å². The molecule has 0 aliphatic heterocycles. The Hall–Kier alpha value is -1.79. The molecule has 0 aliphatic carbocycles. The smallest absolute Gasteiger partial charge is 0.175 e. The van der Waals surface area contributed by atoms with Crippen molar-refractivity contribution in [3.8, 4) is 5.75 Å². The molecule has 1 aromatic carbocycles. The van der Waals surface area contributed by atoms with Crippen LogP contribution in [0.4, 0.5) is 0 Å². The predicted molar refractivity (Wildman–Crippen MR) is 75.4 cm³/mol. The molecule has 0 atom stereocenters. The number of hydrogen-bond acceptors (Lipinski definition) is 5. The summed E-state index contributed by atoms with van der Waals surface area (Å²) < 4.78 is 34.0.